The van der Waals surface area contributed by atoms with E-state index in [1.54, 1.807) is 12.4 Å². The molecular formula is C21H30N4O3. The Balaban J connectivity index is 1.31. The first-order chi connectivity index (χ1) is 13.6. The zero-order valence-corrected chi connectivity index (χ0v) is 16.4. The number of hydrogen-bond acceptors (Lipinski definition) is 5. The van der Waals surface area contributed by atoms with Crippen molar-refractivity contribution in [1.29, 1.82) is 0 Å². The second kappa shape index (κ2) is 8.57. The van der Waals surface area contributed by atoms with Crippen molar-refractivity contribution < 1.29 is 14.3 Å². The maximum absolute atomic E-state index is 12.7. The molecule has 0 bridgehead atoms. The second-order valence-electron chi connectivity index (χ2n) is 8.42. The Hall–Kier alpha value is -1.99. The zero-order chi connectivity index (χ0) is 19.4. The van der Waals surface area contributed by atoms with Crippen molar-refractivity contribution in [3.63, 3.8) is 0 Å². The van der Waals surface area contributed by atoms with Crippen LogP contribution in [-0.4, -0.2) is 72.0 Å². The van der Waals surface area contributed by atoms with Crippen LogP contribution in [0.3, 0.4) is 0 Å². The molecule has 7 nitrogen and oxygen atoms in total. The normalized spacial score (nSPS) is 25.1. The number of carbonyl (C=O) groups is 2. The molecule has 3 saturated heterocycles. The van der Waals surface area contributed by atoms with Crippen molar-refractivity contribution in [3.05, 3.63) is 30.1 Å². The molecule has 1 spiro atoms. The first kappa shape index (κ1) is 19.3. The molecule has 7 heteroatoms. The number of morpholine rings is 1. The monoisotopic (exact) mass is 386 g/mol. The Kier molecular flexibility index (Phi) is 5.92. The average Bonchev–Trinajstić information content (AvgIpc) is 2.73. The van der Waals surface area contributed by atoms with Crippen molar-refractivity contribution in [2.45, 2.75) is 44.7 Å². The summed E-state index contributed by atoms with van der Waals surface area (Å²) in [6, 6.07) is 4.08. The van der Waals surface area contributed by atoms with Gasteiger partial charge in [0, 0.05) is 64.0 Å². The first-order valence-electron chi connectivity index (χ1n) is 10.4. The summed E-state index contributed by atoms with van der Waals surface area (Å²) in [5.41, 5.74) is 1.28. The summed E-state index contributed by atoms with van der Waals surface area (Å²) >= 11 is 0. The van der Waals surface area contributed by atoms with Gasteiger partial charge in [-0.05, 0) is 42.4 Å². The molecule has 4 rings (SSSR count). The molecule has 152 valence electrons. The Morgan fingerprint density at radius 2 is 2.04 bits per heavy atom. The van der Waals surface area contributed by atoms with Gasteiger partial charge in [-0.1, -0.05) is 0 Å². The largest absolute Gasteiger partial charge is 0.378 e. The number of rotatable bonds is 4. The summed E-state index contributed by atoms with van der Waals surface area (Å²) in [5, 5.41) is 3.36. The number of nitrogens with one attached hydrogen (secondary N) is 1. The van der Waals surface area contributed by atoms with Gasteiger partial charge in [-0.2, -0.15) is 0 Å². The van der Waals surface area contributed by atoms with Crippen LogP contribution >= 0.6 is 0 Å². The van der Waals surface area contributed by atoms with E-state index in [1.807, 2.05) is 21.9 Å². The van der Waals surface area contributed by atoms with E-state index >= 15 is 0 Å². The maximum atomic E-state index is 12.7. The molecule has 1 atom stereocenters. The molecule has 0 saturated carbocycles. The number of piperidine rings is 2. The third-order valence-electron chi connectivity index (χ3n) is 6.47. The lowest BCUT2D eigenvalue weighted by atomic mass is 9.72. The Morgan fingerprint density at radius 3 is 2.75 bits per heavy atom. The lowest BCUT2D eigenvalue weighted by Gasteiger charge is -2.47. The molecule has 0 radical (unpaired) electrons. The predicted octanol–water partition coefficient (Wildman–Crippen LogP) is 1.19. The maximum Gasteiger partial charge on any atom is 0.224 e. The molecule has 1 N–H and O–H groups in total. The molecular weight excluding hydrogens is 356 g/mol. The number of nitrogens with zero attached hydrogens (tertiary/aromatic N) is 3. The number of hydrogen-bond donors (Lipinski definition) is 1. The van der Waals surface area contributed by atoms with Crippen LogP contribution in [0.1, 0.15) is 37.7 Å². The van der Waals surface area contributed by atoms with Gasteiger partial charge in [0.15, 0.2) is 0 Å². The van der Waals surface area contributed by atoms with Gasteiger partial charge in [0.05, 0.1) is 13.2 Å². The van der Waals surface area contributed by atoms with Gasteiger partial charge < -0.3 is 19.9 Å². The summed E-state index contributed by atoms with van der Waals surface area (Å²) in [5.74, 6) is 0.461. The predicted molar refractivity (Wildman–Crippen MR) is 104 cm³/mol. The fourth-order valence-electron chi connectivity index (χ4n) is 4.68. The van der Waals surface area contributed by atoms with Crippen LogP contribution in [0.15, 0.2) is 24.5 Å². The zero-order valence-electron chi connectivity index (χ0n) is 16.4. The highest BCUT2D eigenvalue weighted by atomic mass is 16.5. The van der Waals surface area contributed by atoms with Gasteiger partial charge in [-0.3, -0.25) is 14.6 Å². The summed E-state index contributed by atoms with van der Waals surface area (Å²) < 4.78 is 5.46. The molecule has 0 aliphatic carbocycles. The lowest BCUT2D eigenvalue weighted by Crippen LogP contribution is -2.53. The minimum Gasteiger partial charge on any atom is -0.378 e. The third-order valence-corrected chi connectivity index (χ3v) is 6.47. The van der Waals surface area contributed by atoms with Crippen molar-refractivity contribution >= 4 is 11.8 Å². The van der Waals surface area contributed by atoms with E-state index in [1.165, 1.54) is 0 Å². The lowest BCUT2D eigenvalue weighted by molar-refractivity contribution is -0.143. The molecule has 0 unspecified atom stereocenters. The van der Waals surface area contributed by atoms with Crippen molar-refractivity contribution in [2.75, 3.05) is 39.4 Å². The van der Waals surface area contributed by atoms with Gasteiger partial charge in [-0.25, -0.2) is 0 Å². The number of pyridine rings is 1. The highest BCUT2D eigenvalue weighted by Gasteiger charge is 2.41. The minimum absolute atomic E-state index is 0.139. The Bertz CT molecular complexity index is 682. The average molecular weight is 386 g/mol. The van der Waals surface area contributed by atoms with Crippen LogP contribution in [0, 0.1) is 5.41 Å². The van der Waals surface area contributed by atoms with Gasteiger partial charge in [0.1, 0.15) is 0 Å². The highest BCUT2D eigenvalue weighted by Crippen LogP contribution is 2.40. The van der Waals surface area contributed by atoms with Crippen LogP contribution in [0.4, 0.5) is 0 Å². The highest BCUT2D eigenvalue weighted by molar-refractivity contribution is 5.78. The summed E-state index contributed by atoms with van der Waals surface area (Å²) in [4.78, 5) is 33.2. The molecule has 3 aliphatic rings. The third kappa shape index (κ3) is 4.52. The smallest absolute Gasteiger partial charge is 0.224 e. The van der Waals surface area contributed by atoms with E-state index in [4.69, 9.17) is 4.74 Å². The van der Waals surface area contributed by atoms with Crippen molar-refractivity contribution in [3.8, 4) is 0 Å². The summed E-state index contributed by atoms with van der Waals surface area (Å²) in [6.45, 7) is 5.21. The number of ether oxygens (including phenoxy) is 1. The van der Waals surface area contributed by atoms with Crippen molar-refractivity contribution in [1.82, 2.24) is 20.1 Å². The molecule has 1 aromatic rings. The number of aromatic nitrogens is 1. The first-order valence-corrected chi connectivity index (χ1v) is 10.4. The van der Waals surface area contributed by atoms with E-state index in [9.17, 15) is 9.59 Å². The molecule has 0 aromatic carbocycles. The van der Waals surface area contributed by atoms with Gasteiger partial charge in [0.2, 0.25) is 11.8 Å². The van der Waals surface area contributed by atoms with Crippen LogP contribution in [0.2, 0.25) is 0 Å². The second-order valence-corrected chi connectivity index (χ2v) is 8.42. The van der Waals surface area contributed by atoms with Gasteiger partial charge in [0.25, 0.3) is 0 Å². The molecule has 3 aliphatic heterocycles. The minimum atomic E-state index is 0.139. The van der Waals surface area contributed by atoms with Crippen LogP contribution < -0.4 is 5.32 Å². The molecule has 28 heavy (non-hydrogen) atoms. The Labute approximate surface area is 166 Å². The summed E-state index contributed by atoms with van der Waals surface area (Å²) in [6.07, 6.45) is 7.58. The standard InChI is InChI=1S/C21H30N4O3/c26-19-1-4-21(16-25(19)14-17-2-7-22-8-3-17)5-10-24(11-6-21)20(27)13-18-15-28-12-9-23-18/h2-3,7-8,18,23H,1,4-6,9-16H2/t18-/m1/s1. The molecule has 3 fully saturated rings. The molecule has 4 heterocycles. The van der Waals surface area contributed by atoms with Crippen LogP contribution in [0.5, 0.6) is 0 Å². The fraction of sp³-hybridized carbons (Fsp3) is 0.667. The van der Waals surface area contributed by atoms with E-state index in [0.717, 1.165) is 57.6 Å². The topological polar surface area (TPSA) is 74.8 Å². The van der Waals surface area contributed by atoms with Gasteiger partial charge in [-0.15, -0.1) is 0 Å². The Morgan fingerprint density at radius 1 is 1.25 bits per heavy atom. The van der Waals surface area contributed by atoms with Crippen LogP contribution in [-0.2, 0) is 20.9 Å². The number of amides is 2. The van der Waals surface area contributed by atoms with Crippen LogP contribution in [0.25, 0.3) is 0 Å². The van der Waals surface area contributed by atoms with E-state index in [2.05, 4.69) is 10.3 Å². The molecule has 2 amide bonds. The quantitative estimate of drug-likeness (QED) is 0.841. The fourth-order valence-corrected chi connectivity index (χ4v) is 4.68. The van der Waals surface area contributed by atoms with Gasteiger partial charge >= 0.3 is 0 Å². The van der Waals surface area contributed by atoms with E-state index in [0.29, 0.717) is 26.0 Å². The number of likely N-dealkylation sites (tertiary alicyclic amines) is 2. The number of carbonyl (C=O) groups excluding carboxylic acids is 2. The van der Waals surface area contributed by atoms with E-state index in [-0.39, 0.29) is 23.3 Å². The summed E-state index contributed by atoms with van der Waals surface area (Å²) in [7, 11) is 0. The van der Waals surface area contributed by atoms with E-state index < -0.39 is 0 Å². The SMILES string of the molecule is O=C(C[C@@H]1COCCN1)N1CCC2(CCC(=O)N(Cc3ccncc3)C2)CC1. The van der Waals surface area contributed by atoms with Crippen molar-refractivity contribution in [2.24, 2.45) is 5.41 Å². The molecule has 1 aromatic heterocycles.